The number of aliphatic carboxylic acids is 2. The molecule has 1 rings (SSSR count). The van der Waals surface area contributed by atoms with Crippen molar-refractivity contribution < 1.29 is 19.8 Å². The van der Waals surface area contributed by atoms with Gasteiger partial charge in [-0.15, -0.1) is 0 Å². The van der Waals surface area contributed by atoms with Crippen molar-refractivity contribution in [1.29, 1.82) is 0 Å². The van der Waals surface area contributed by atoms with Crippen molar-refractivity contribution in [3.05, 3.63) is 41.5 Å². The van der Waals surface area contributed by atoms with E-state index in [1.165, 1.54) is 11.1 Å². The molecule has 0 unspecified atom stereocenters. The highest BCUT2D eigenvalue weighted by atomic mass is 32.1. The maximum absolute atomic E-state index is 9.55. The van der Waals surface area contributed by atoms with Gasteiger partial charge in [0.15, 0.2) is 5.11 Å². The molecule has 0 aliphatic heterocycles. The van der Waals surface area contributed by atoms with E-state index in [0.717, 1.165) is 5.69 Å². The Balaban J connectivity index is 0.000000515. The number of carbonyl (C=O) groups is 2. The fourth-order valence-electron chi connectivity index (χ4n) is 1.45. The van der Waals surface area contributed by atoms with Crippen LogP contribution in [-0.2, 0) is 9.59 Å². The summed E-state index contributed by atoms with van der Waals surface area (Å²) in [5.74, 6) is -2.51. The van der Waals surface area contributed by atoms with Gasteiger partial charge in [-0.05, 0) is 37.7 Å². The molecule has 23 heavy (non-hydrogen) atoms. The molecule has 1 aromatic carbocycles. The van der Waals surface area contributed by atoms with Gasteiger partial charge in [-0.2, -0.15) is 0 Å². The van der Waals surface area contributed by atoms with Crippen molar-refractivity contribution >= 4 is 35.0 Å². The number of carboxylic acid groups (broad SMARTS) is 2. The average molecular weight is 339 g/mol. The number of hydrogen-bond acceptors (Lipinski definition) is 4. The summed E-state index contributed by atoms with van der Waals surface area (Å²) in [5, 5.41) is 22.4. The maximum atomic E-state index is 9.55. The van der Waals surface area contributed by atoms with Gasteiger partial charge in [0.2, 0.25) is 0 Å². The normalized spacial score (nSPS) is 9.70. The van der Waals surface area contributed by atoms with Crippen LogP contribution in [0.1, 0.15) is 11.1 Å². The number of aryl methyl sites for hydroxylation is 2. The molecule has 0 radical (unpaired) electrons. The standard InChI is InChI=1S/C11H17N3S.C4H4O4/c1-8-3-4-10(9(2)7-8)14-11(15)13-6-5-12;5-3(6)1-2-4(7)8/h3-4,7H,5-6,12H2,1-2H3,(H2,13,14,15);1-2H,(H,5,6)(H,7,8)/b;2-1-. The Kier molecular flexibility index (Phi) is 9.97. The molecule has 0 saturated heterocycles. The fourth-order valence-corrected chi connectivity index (χ4v) is 1.66. The summed E-state index contributed by atoms with van der Waals surface area (Å²) >= 11 is 5.12. The van der Waals surface area contributed by atoms with E-state index in [1.807, 2.05) is 6.07 Å². The number of nitrogens with two attached hydrogens (primary N) is 1. The summed E-state index contributed by atoms with van der Waals surface area (Å²) in [6, 6.07) is 6.20. The summed E-state index contributed by atoms with van der Waals surface area (Å²) in [4.78, 5) is 19.1. The number of anilines is 1. The van der Waals surface area contributed by atoms with Gasteiger partial charge in [-0.25, -0.2) is 9.59 Å². The minimum atomic E-state index is -1.26. The van der Waals surface area contributed by atoms with E-state index in [0.29, 0.717) is 30.4 Å². The molecule has 0 saturated carbocycles. The Morgan fingerprint density at radius 3 is 2.22 bits per heavy atom. The highest BCUT2D eigenvalue weighted by molar-refractivity contribution is 7.80. The maximum Gasteiger partial charge on any atom is 0.328 e. The zero-order chi connectivity index (χ0) is 17.8. The second-order valence-corrected chi connectivity index (χ2v) is 4.91. The topological polar surface area (TPSA) is 125 Å². The van der Waals surface area contributed by atoms with E-state index in [-0.39, 0.29) is 0 Å². The minimum Gasteiger partial charge on any atom is -0.478 e. The van der Waals surface area contributed by atoms with Crippen LogP contribution < -0.4 is 16.4 Å². The number of benzene rings is 1. The Morgan fingerprint density at radius 2 is 1.78 bits per heavy atom. The summed E-state index contributed by atoms with van der Waals surface area (Å²) < 4.78 is 0. The molecule has 0 bridgehead atoms. The van der Waals surface area contributed by atoms with Gasteiger partial charge in [0.1, 0.15) is 0 Å². The molecule has 126 valence electrons. The highest BCUT2D eigenvalue weighted by Gasteiger charge is 2.00. The summed E-state index contributed by atoms with van der Waals surface area (Å²) in [7, 11) is 0. The fraction of sp³-hybridized carbons (Fsp3) is 0.267. The van der Waals surface area contributed by atoms with Crippen LogP contribution >= 0.6 is 12.2 Å². The molecule has 0 fully saturated rings. The first kappa shape index (κ1) is 20.6. The molecular formula is C15H21N3O4S. The lowest BCUT2D eigenvalue weighted by Crippen LogP contribution is -2.32. The van der Waals surface area contributed by atoms with E-state index >= 15 is 0 Å². The first-order chi connectivity index (χ1) is 10.8. The number of rotatable bonds is 5. The van der Waals surface area contributed by atoms with E-state index in [4.69, 9.17) is 28.2 Å². The van der Waals surface area contributed by atoms with Crippen molar-refractivity contribution in [3.8, 4) is 0 Å². The van der Waals surface area contributed by atoms with E-state index in [1.54, 1.807) is 0 Å². The van der Waals surface area contributed by atoms with Crippen molar-refractivity contribution in [2.75, 3.05) is 18.4 Å². The Bertz CT molecular complexity index is 572. The summed E-state index contributed by atoms with van der Waals surface area (Å²) in [6.07, 6.45) is 1.12. The number of nitrogens with one attached hydrogen (secondary N) is 2. The molecular weight excluding hydrogens is 318 g/mol. The third-order valence-corrected chi connectivity index (χ3v) is 2.67. The largest absolute Gasteiger partial charge is 0.478 e. The van der Waals surface area contributed by atoms with Gasteiger partial charge < -0.3 is 26.6 Å². The lowest BCUT2D eigenvalue weighted by molar-refractivity contribution is -0.134. The van der Waals surface area contributed by atoms with Crippen molar-refractivity contribution in [2.45, 2.75) is 13.8 Å². The second-order valence-electron chi connectivity index (χ2n) is 4.50. The molecule has 0 spiro atoms. The quantitative estimate of drug-likeness (QED) is 0.401. The van der Waals surface area contributed by atoms with Crippen LogP contribution in [0.3, 0.4) is 0 Å². The smallest absolute Gasteiger partial charge is 0.328 e. The first-order valence-corrected chi connectivity index (χ1v) is 7.13. The summed E-state index contributed by atoms with van der Waals surface area (Å²) in [5.41, 5.74) is 8.84. The number of carboxylic acids is 2. The predicted octanol–water partition coefficient (Wildman–Crippen LogP) is 1.26. The molecule has 0 aliphatic carbocycles. The lowest BCUT2D eigenvalue weighted by atomic mass is 10.1. The van der Waals surface area contributed by atoms with Gasteiger partial charge in [0.05, 0.1) is 0 Å². The molecule has 8 heteroatoms. The Hall–Kier alpha value is -2.45. The van der Waals surface area contributed by atoms with Crippen molar-refractivity contribution in [1.82, 2.24) is 5.32 Å². The van der Waals surface area contributed by atoms with Gasteiger partial charge in [0.25, 0.3) is 0 Å². The van der Waals surface area contributed by atoms with Gasteiger partial charge in [-0.1, -0.05) is 17.7 Å². The number of hydrogen-bond donors (Lipinski definition) is 5. The molecule has 0 amide bonds. The molecule has 6 N–H and O–H groups in total. The minimum absolute atomic E-state index is 0.558. The molecule has 0 heterocycles. The molecule has 0 aromatic heterocycles. The second kappa shape index (κ2) is 11.2. The third-order valence-electron chi connectivity index (χ3n) is 2.43. The van der Waals surface area contributed by atoms with Crippen LogP contribution in [0.4, 0.5) is 5.69 Å². The van der Waals surface area contributed by atoms with E-state index in [9.17, 15) is 9.59 Å². The summed E-state index contributed by atoms with van der Waals surface area (Å²) in [6.45, 7) is 5.40. The highest BCUT2D eigenvalue weighted by Crippen LogP contribution is 2.15. The van der Waals surface area contributed by atoms with Crippen LogP contribution in [0.25, 0.3) is 0 Å². The molecule has 1 aromatic rings. The van der Waals surface area contributed by atoms with Crippen molar-refractivity contribution in [3.63, 3.8) is 0 Å². The average Bonchev–Trinajstić information content (AvgIpc) is 2.46. The predicted molar refractivity (Wildman–Crippen MR) is 93.6 cm³/mol. The zero-order valence-electron chi connectivity index (χ0n) is 13.0. The Morgan fingerprint density at radius 1 is 1.22 bits per heavy atom. The van der Waals surface area contributed by atoms with Gasteiger partial charge in [-0.3, -0.25) is 0 Å². The van der Waals surface area contributed by atoms with Crippen LogP contribution in [0, 0.1) is 13.8 Å². The Labute approximate surface area is 140 Å². The van der Waals surface area contributed by atoms with Crippen LogP contribution in [-0.4, -0.2) is 40.4 Å². The monoisotopic (exact) mass is 339 g/mol. The van der Waals surface area contributed by atoms with Crippen LogP contribution in [0.5, 0.6) is 0 Å². The number of thiocarbonyl (C=S) groups is 1. The first-order valence-electron chi connectivity index (χ1n) is 6.72. The van der Waals surface area contributed by atoms with E-state index < -0.39 is 11.9 Å². The zero-order valence-corrected chi connectivity index (χ0v) is 13.8. The van der Waals surface area contributed by atoms with E-state index in [2.05, 4.69) is 36.6 Å². The van der Waals surface area contributed by atoms with Crippen LogP contribution in [0.15, 0.2) is 30.4 Å². The SMILES string of the molecule is Cc1ccc(NC(=S)NCCN)c(C)c1.O=C(O)/C=C\C(=O)O. The van der Waals surface area contributed by atoms with Crippen LogP contribution in [0.2, 0.25) is 0 Å². The lowest BCUT2D eigenvalue weighted by Gasteiger charge is -2.12. The molecule has 0 aliphatic rings. The molecule has 0 atom stereocenters. The molecule has 7 nitrogen and oxygen atoms in total. The van der Waals surface area contributed by atoms with Crippen molar-refractivity contribution in [2.24, 2.45) is 5.73 Å². The van der Waals surface area contributed by atoms with Gasteiger partial charge >= 0.3 is 11.9 Å². The van der Waals surface area contributed by atoms with Gasteiger partial charge in [0, 0.05) is 30.9 Å². The third kappa shape index (κ3) is 10.9.